The summed E-state index contributed by atoms with van der Waals surface area (Å²) in [4.78, 5) is 6.17. The van der Waals surface area contributed by atoms with Crippen LogP contribution in [0.4, 0.5) is 5.69 Å². The lowest BCUT2D eigenvalue weighted by molar-refractivity contribution is 0.194. The van der Waals surface area contributed by atoms with Gasteiger partial charge >= 0.3 is 0 Å². The first-order chi connectivity index (χ1) is 18.9. The molecule has 3 aromatic carbocycles. The Bertz CT molecular complexity index is 1630. The number of sulfonamides is 1. The molecule has 0 saturated carbocycles. The molecule has 10 heteroatoms. The van der Waals surface area contributed by atoms with Crippen LogP contribution < -0.4 is 5.32 Å². The number of hydrogen-bond acceptors (Lipinski definition) is 5. The van der Waals surface area contributed by atoms with Gasteiger partial charge in [-0.3, -0.25) is 0 Å². The molecule has 1 N–H and O–H groups in total. The van der Waals surface area contributed by atoms with Crippen molar-refractivity contribution in [1.29, 1.82) is 5.26 Å². The molecule has 39 heavy (non-hydrogen) atoms. The standard InChI is InChI=1S/C29H29N7O2S/c1-22-11-9-10-16-26(22)33-29(31-21-30)34-17-18-35(27(20-34)24-12-5-3-6-13-24)39(37,38)28-19-32-36(23(28)2)25-14-7-4-8-15-25/h3-16,19,27H,17-18,20H2,1-2H3,(H,31,33). The van der Waals surface area contributed by atoms with E-state index in [0.29, 0.717) is 24.7 Å². The summed E-state index contributed by atoms with van der Waals surface area (Å²) >= 11 is 0. The quantitative estimate of drug-likeness (QED) is 0.228. The molecule has 1 fully saturated rings. The van der Waals surface area contributed by atoms with Crippen LogP contribution in [0.1, 0.15) is 22.9 Å². The van der Waals surface area contributed by atoms with Crippen LogP contribution in [0.3, 0.4) is 0 Å². The van der Waals surface area contributed by atoms with Gasteiger partial charge in [0.2, 0.25) is 22.2 Å². The highest BCUT2D eigenvalue weighted by molar-refractivity contribution is 7.89. The molecule has 1 aromatic heterocycles. The zero-order valence-corrected chi connectivity index (χ0v) is 22.6. The van der Waals surface area contributed by atoms with Crippen molar-refractivity contribution < 1.29 is 8.42 Å². The maximum atomic E-state index is 14.1. The van der Waals surface area contributed by atoms with Gasteiger partial charge in [-0.25, -0.2) is 13.1 Å². The molecule has 9 nitrogen and oxygen atoms in total. The summed E-state index contributed by atoms with van der Waals surface area (Å²) in [7, 11) is -3.91. The van der Waals surface area contributed by atoms with Gasteiger partial charge < -0.3 is 10.2 Å². The minimum atomic E-state index is -3.91. The summed E-state index contributed by atoms with van der Waals surface area (Å²) in [6.45, 7) is 4.62. The van der Waals surface area contributed by atoms with Gasteiger partial charge in [0.15, 0.2) is 0 Å². The third-order valence-corrected chi connectivity index (χ3v) is 8.93. The van der Waals surface area contributed by atoms with Gasteiger partial charge in [0.05, 0.1) is 23.6 Å². The molecule has 0 spiro atoms. The zero-order valence-electron chi connectivity index (χ0n) is 21.8. The van der Waals surface area contributed by atoms with Crippen molar-refractivity contribution in [2.75, 3.05) is 25.0 Å². The van der Waals surface area contributed by atoms with E-state index in [1.807, 2.05) is 103 Å². The average Bonchev–Trinajstić information content (AvgIpc) is 3.36. The first-order valence-corrected chi connectivity index (χ1v) is 14.1. The highest BCUT2D eigenvalue weighted by Gasteiger charge is 2.39. The molecule has 4 aromatic rings. The highest BCUT2D eigenvalue weighted by atomic mass is 32.2. The molecule has 0 amide bonds. The summed E-state index contributed by atoms with van der Waals surface area (Å²) in [5.41, 5.74) is 4.03. The molecule has 1 aliphatic heterocycles. The number of aryl methyl sites for hydroxylation is 1. The first-order valence-electron chi connectivity index (χ1n) is 12.6. The lowest BCUT2D eigenvalue weighted by Crippen LogP contribution is -2.53. The Balaban J connectivity index is 1.49. The second-order valence-electron chi connectivity index (χ2n) is 9.31. The lowest BCUT2D eigenvalue weighted by Gasteiger charge is -2.41. The van der Waals surface area contributed by atoms with Crippen LogP contribution in [0.15, 0.2) is 101 Å². The van der Waals surface area contributed by atoms with Crippen LogP contribution >= 0.6 is 0 Å². The SMILES string of the molecule is Cc1ccccc1N/C(=N\C#N)N1CCN(S(=O)(=O)c2cnn(-c3ccccc3)c2C)C(c2ccccc2)C1. The van der Waals surface area contributed by atoms with Crippen LogP contribution in [0.5, 0.6) is 0 Å². The van der Waals surface area contributed by atoms with Crippen molar-refractivity contribution in [2.24, 2.45) is 4.99 Å². The van der Waals surface area contributed by atoms with E-state index in [0.717, 1.165) is 22.5 Å². The summed E-state index contributed by atoms with van der Waals surface area (Å²) in [5, 5.41) is 17.1. The molecule has 1 unspecified atom stereocenters. The predicted molar refractivity (Wildman–Crippen MR) is 151 cm³/mol. The van der Waals surface area contributed by atoms with E-state index in [-0.39, 0.29) is 11.4 Å². The number of hydrogen-bond donors (Lipinski definition) is 1. The van der Waals surface area contributed by atoms with Crippen LogP contribution in [0.2, 0.25) is 0 Å². The fourth-order valence-corrected chi connectivity index (χ4v) is 6.59. The van der Waals surface area contributed by atoms with Crippen molar-refractivity contribution in [2.45, 2.75) is 24.8 Å². The summed E-state index contributed by atoms with van der Waals surface area (Å²) < 4.78 is 31.4. The Kier molecular flexibility index (Phi) is 7.45. The number of piperazine rings is 1. The van der Waals surface area contributed by atoms with E-state index in [2.05, 4.69) is 15.4 Å². The number of rotatable bonds is 5. The van der Waals surface area contributed by atoms with Gasteiger partial charge in [0, 0.05) is 25.3 Å². The van der Waals surface area contributed by atoms with Crippen molar-refractivity contribution in [3.63, 3.8) is 0 Å². The zero-order chi connectivity index (χ0) is 27.4. The Morgan fingerprint density at radius 3 is 2.33 bits per heavy atom. The lowest BCUT2D eigenvalue weighted by atomic mass is 10.0. The number of guanidine groups is 1. The van der Waals surface area contributed by atoms with Crippen molar-refractivity contribution in [3.8, 4) is 11.9 Å². The van der Waals surface area contributed by atoms with Gasteiger partial charge in [-0.2, -0.15) is 14.7 Å². The molecule has 1 saturated heterocycles. The van der Waals surface area contributed by atoms with Crippen LogP contribution in [0, 0.1) is 25.3 Å². The predicted octanol–water partition coefficient (Wildman–Crippen LogP) is 4.49. The van der Waals surface area contributed by atoms with Crippen LogP contribution in [-0.2, 0) is 10.0 Å². The minimum absolute atomic E-state index is 0.171. The van der Waals surface area contributed by atoms with E-state index >= 15 is 0 Å². The fraction of sp³-hybridized carbons (Fsp3) is 0.207. The molecule has 1 atom stereocenters. The number of anilines is 1. The molecule has 0 bridgehead atoms. The first kappa shape index (κ1) is 26.2. The second kappa shape index (κ2) is 11.1. The molecular formula is C29H29N7O2S. The Morgan fingerprint density at radius 1 is 0.974 bits per heavy atom. The van der Waals surface area contributed by atoms with Crippen molar-refractivity contribution >= 4 is 21.7 Å². The summed E-state index contributed by atoms with van der Waals surface area (Å²) in [5.74, 6) is 0.387. The molecule has 198 valence electrons. The van der Waals surface area contributed by atoms with E-state index < -0.39 is 16.1 Å². The summed E-state index contributed by atoms with van der Waals surface area (Å²) in [6, 6.07) is 26.2. The second-order valence-corrected chi connectivity index (χ2v) is 11.2. The number of nitriles is 1. The molecular weight excluding hydrogens is 510 g/mol. The van der Waals surface area contributed by atoms with Crippen LogP contribution in [-0.4, -0.2) is 53.0 Å². The molecule has 1 aliphatic rings. The maximum Gasteiger partial charge on any atom is 0.247 e. The Labute approximate surface area is 228 Å². The van der Waals surface area contributed by atoms with Gasteiger partial charge in [0.25, 0.3) is 0 Å². The van der Waals surface area contributed by atoms with E-state index in [1.54, 1.807) is 11.6 Å². The Hall–Kier alpha value is -4.46. The van der Waals surface area contributed by atoms with Crippen molar-refractivity contribution in [1.82, 2.24) is 19.0 Å². The number of para-hydroxylation sites is 2. The van der Waals surface area contributed by atoms with E-state index in [4.69, 9.17) is 0 Å². The number of aromatic nitrogens is 2. The van der Waals surface area contributed by atoms with Gasteiger partial charge in [-0.05, 0) is 43.2 Å². The average molecular weight is 540 g/mol. The fourth-order valence-electron chi connectivity index (χ4n) is 4.86. The molecule has 0 aliphatic carbocycles. The van der Waals surface area contributed by atoms with Gasteiger partial charge in [-0.1, -0.05) is 66.7 Å². The third-order valence-electron chi connectivity index (χ3n) is 6.91. The molecule has 2 heterocycles. The monoisotopic (exact) mass is 539 g/mol. The largest absolute Gasteiger partial charge is 0.339 e. The number of aliphatic imine (C=N–C) groups is 1. The van der Waals surface area contributed by atoms with E-state index in [9.17, 15) is 13.7 Å². The molecule has 0 radical (unpaired) electrons. The normalized spacial score (nSPS) is 16.6. The number of benzene rings is 3. The summed E-state index contributed by atoms with van der Waals surface area (Å²) in [6.07, 6.45) is 3.32. The van der Waals surface area contributed by atoms with Gasteiger partial charge in [-0.15, -0.1) is 4.99 Å². The van der Waals surface area contributed by atoms with Crippen molar-refractivity contribution in [3.05, 3.63) is 108 Å². The Morgan fingerprint density at radius 2 is 1.64 bits per heavy atom. The van der Waals surface area contributed by atoms with E-state index in [1.165, 1.54) is 10.5 Å². The van der Waals surface area contributed by atoms with Gasteiger partial charge in [0.1, 0.15) is 4.90 Å². The third kappa shape index (κ3) is 5.27. The van der Waals surface area contributed by atoms with Crippen LogP contribution in [0.25, 0.3) is 5.69 Å². The topological polar surface area (TPSA) is 107 Å². The maximum absolute atomic E-state index is 14.1. The number of nitrogens with one attached hydrogen (secondary N) is 1. The molecule has 5 rings (SSSR count). The smallest absolute Gasteiger partial charge is 0.247 e. The minimum Gasteiger partial charge on any atom is -0.339 e. The highest BCUT2D eigenvalue weighted by Crippen LogP contribution is 2.33. The number of nitrogens with zero attached hydrogens (tertiary/aromatic N) is 6.